The molecule has 0 saturated carbocycles. The maximum atomic E-state index is 10.9. The Bertz CT molecular complexity index is 530. The van der Waals surface area contributed by atoms with Crippen molar-refractivity contribution in [2.24, 2.45) is 5.41 Å². The molecule has 0 aromatic heterocycles. The number of carboxylic acid groups (broad SMARTS) is 1. The molecule has 0 fully saturated rings. The Morgan fingerprint density at radius 1 is 1.50 bits per heavy atom. The van der Waals surface area contributed by atoms with Gasteiger partial charge in [0.1, 0.15) is 6.07 Å². The van der Waals surface area contributed by atoms with Crippen LogP contribution >= 0.6 is 11.6 Å². The van der Waals surface area contributed by atoms with Gasteiger partial charge in [0.15, 0.2) is 0 Å². The molecule has 0 radical (unpaired) electrons. The number of aliphatic carboxylic acids is 1. The smallest absolute Gasteiger partial charge is 0.305 e. The molecule has 1 atom stereocenters. The van der Waals surface area contributed by atoms with Gasteiger partial charge in [-0.2, -0.15) is 5.26 Å². The first kappa shape index (κ1) is 16.3. The van der Waals surface area contributed by atoms with Crippen molar-refractivity contribution < 1.29 is 9.90 Å². The largest absolute Gasteiger partial charge is 0.481 e. The number of nitriles is 1. The molecular weight excluding hydrogens is 276 g/mol. The summed E-state index contributed by atoms with van der Waals surface area (Å²) in [4.78, 5) is 10.9. The molecule has 20 heavy (non-hydrogen) atoms. The highest BCUT2D eigenvalue weighted by molar-refractivity contribution is 6.32. The number of benzene rings is 1. The highest BCUT2D eigenvalue weighted by Crippen LogP contribution is 2.26. The zero-order chi connectivity index (χ0) is 15.3. The second-order valence-electron chi connectivity index (χ2n) is 6.01. The van der Waals surface area contributed by atoms with E-state index in [-0.39, 0.29) is 17.9 Å². The molecule has 0 spiro atoms. The number of anilines is 1. The molecule has 4 nitrogen and oxygen atoms in total. The standard InChI is InChI=1S/C15H19ClN2O2/c1-15(2,3)8-12(7-14(19)20)18-11-5-4-10(9-17)13(16)6-11/h4-6,12,18H,7-8H2,1-3H3,(H,19,20). The first-order chi connectivity index (χ1) is 9.21. The lowest BCUT2D eigenvalue weighted by Gasteiger charge is -2.26. The van der Waals surface area contributed by atoms with Crippen LogP contribution in [0, 0.1) is 16.7 Å². The second-order valence-corrected chi connectivity index (χ2v) is 6.42. The van der Waals surface area contributed by atoms with Crippen LogP contribution in [0.4, 0.5) is 5.69 Å². The normalized spacial score (nSPS) is 12.6. The van der Waals surface area contributed by atoms with Gasteiger partial charge in [-0.3, -0.25) is 4.79 Å². The average Bonchev–Trinajstić information content (AvgIpc) is 2.25. The molecule has 1 unspecified atom stereocenters. The first-order valence-corrected chi connectivity index (χ1v) is 6.77. The molecule has 2 N–H and O–H groups in total. The third-order valence-corrected chi connectivity index (χ3v) is 3.05. The molecule has 5 heteroatoms. The van der Waals surface area contributed by atoms with Gasteiger partial charge in [-0.05, 0) is 30.0 Å². The number of hydrogen-bond acceptors (Lipinski definition) is 3. The minimum atomic E-state index is -0.841. The summed E-state index contributed by atoms with van der Waals surface area (Å²) in [5.41, 5.74) is 1.15. The van der Waals surface area contributed by atoms with Crippen molar-refractivity contribution in [3.63, 3.8) is 0 Å². The Balaban J connectivity index is 2.86. The van der Waals surface area contributed by atoms with E-state index in [4.69, 9.17) is 22.0 Å². The summed E-state index contributed by atoms with van der Waals surface area (Å²) in [6.07, 6.45) is 0.756. The Morgan fingerprint density at radius 2 is 2.15 bits per heavy atom. The van der Waals surface area contributed by atoms with Crippen LogP contribution in [0.1, 0.15) is 39.2 Å². The van der Waals surface area contributed by atoms with Crippen LogP contribution in [0.5, 0.6) is 0 Å². The van der Waals surface area contributed by atoms with E-state index in [1.165, 1.54) is 0 Å². The fraction of sp³-hybridized carbons (Fsp3) is 0.467. The van der Waals surface area contributed by atoms with Crippen molar-refractivity contribution in [3.05, 3.63) is 28.8 Å². The lowest BCUT2D eigenvalue weighted by molar-refractivity contribution is -0.137. The maximum absolute atomic E-state index is 10.9. The van der Waals surface area contributed by atoms with Crippen LogP contribution in [-0.4, -0.2) is 17.1 Å². The van der Waals surface area contributed by atoms with E-state index in [1.807, 2.05) is 6.07 Å². The van der Waals surface area contributed by atoms with Gasteiger partial charge in [-0.1, -0.05) is 32.4 Å². The number of nitrogens with one attached hydrogen (secondary N) is 1. The molecule has 0 aliphatic carbocycles. The SMILES string of the molecule is CC(C)(C)CC(CC(=O)O)Nc1ccc(C#N)c(Cl)c1. The predicted octanol–water partition coefficient (Wildman–Crippen LogP) is 3.90. The van der Waals surface area contributed by atoms with Gasteiger partial charge in [0.25, 0.3) is 0 Å². The number of carbonyl (C=O) groups is 1. The van der Waals surface area contributed by atoms with E-state index in [9.17, 15) is 4.79 Å². The summed E-state index contributed by atoms with van der Waals surface area (Å²) in [6, 6.07) is 6.82. The molecule has 0 aliphatic rings. The van der Waals surface area contributed by atoms with Crippen molar-refractivity contribution in [2.45, 2.75) is 39.7 Å². The summed E-state index contributed by atoms with van der Waals surface area (Å²) in [5.74, 6) is -0.841. The van der Waals surface area contributed by atoms with Crippen molar-refractivity contribution >= 4 is 23.3 Å². The van der Waals surface area contributed by atoms with E-state index < -0.39 is 5.97 Å². The van der Waals surface area contributed by atoms with Crippen LogP contribution in [0.3, 0.4) is 0 Å². The minimum absolute atomic E-state index is 0.0174. The number of carboxylic acids is 1. The van der Waals surface area contributed by atoms with Gasteiger partial charge >= 0.3 is 5.97 Å². The summed E-state index contributed by atoms with van der Waals surface area (Å²) in [6.45, 7) is 6.19. The minimum Gasteiger partial charge on any atom is -0.481 e. The zero-order valence-corrected chi connectivity index (χ0v) is 12.7. The van der Waals surface area contributed by atoms with Crippen molar-refractivity contribution in [3.8, 4) is 6.07 Å². The Labute approximate surface area is 124 Å². The molecular formula is C15H19ClN2O2. The van der Waals surface area contributed by atoms with Crippen LogP contribution in [0.15, 0.2) is 18.2 Å². The van der Waals surface area contributed by atoms with Gasteiger partial charge in [-0.25, -0.2) is 0 Å². The van der Waals surface area contributed by atoms with Gasteiger partial charge in [0.05, 0.1) is 17.0 Å². The van der Waals surface area contributed by atoms with E-state index in [1.54, 1.807) is 18.2 Å². The van der Waals surface area contributed by atoms with Gasteiger partial charge in [0, 0.05) is 11.7 Å². The fourth-order valence-corrected chi connectivity index (χ4v) is 2.28. The molecule has 1 aromatic carbocycles. The monoisotopic (exact) mass is 294 g/mol. The zero-order valence-electron chi connectivity index (χ0n) is 11.9. The molecule has 1 aromatic rings. The van der Waals surface area contributed by atoms with E-state index in [0.717, 1.165) is 12.1 Å². The van der Waals surface area contributed by atoms with E-state index in [2.05, 4.69) is 26.1 Å². The molecule has 108 valence electrons. The van der Waals surface area contributed by atoms with Crippen molar-refractivity contribution in [2.75, 3.05) is 5.32 Å². The average molecular weight is 295 g/mol. The van der Waals surface area contributed by atoms with E-state index in [0.29, 0.717) is 10.6 Å². The number of hydrogen-bond donors (Lipinski definition) is 2. The molecule has 0 amide bonds. The second kappa shape index (κ2) is 6.62. The molecule has 0 aliphatic heterocycles. The maximum Gasteiger partial charge on any atom is 0.305 e. The summed E-state index contributed by atoms with van der Waals surface area (Å²) >= 11 is 5.97. The molecule has 0 saturated heterocycles. The summed E-state index contributed by atoms with van der Waals surface area (Å²) in [5, 5.41) is 21.4. The highest BCUT2D eigenvalue weighted by Gasteiger charge is 2.21. The van der Waals surface area contributed by atoms with Gasteiger partial charge in [0.2, 0.25) is 0 Å². The first-order valence-electron chi connectivity index (χ1n) is 6.39. The fourth-order valence-electron chi connectivity index (χ4n) is 2.06. The van der Waals surface area contributed by atoms with E-state index >= 15 is 0 Å². The number of rotatable bonds is 5. The van der Waals surface area contributed by atoms with Crippen molar-refractivity contribution in [1.29, 1.82) is 5.26 Å². The highest BCUT2D eigenvalue weighted by atomic mass is 35.5. The summed E-state index contributed by atoms with van der Waals surface area (Å²) < 4.78 is 0. The van der Waals surface area contributed by atoms with Crippen LogP contribution in [-0.2, 0) is 4.79 Å². The lowest BCUT2D eigenvalue weighted by Crippen LogP contribution is -2.28. The topological polar surface area (TPSA) is 73.1 Å². The Morgan fingerprint density at radius 3 is 2.60 bits per heavy atom. The molecule has 0 bridgehead atoms. The van der Waals surface area contributed by atoms with Crippen LogP contribution in [0.25, 0.3) is 0 Å². The predicted molar refractivity (Wildman–Crippen MR) is 79.9 cm³/mol. The lowest BCUT2D eigenvalue weighted by atomic mass is 9.87. The molecule has 1 rings (SSSR count). The Hall–Kier alpha value is -1.73. The number of nitrogens with zero attached hydrogens (tertiary/aromatic N) is 1. The Kier molecular flexibility index (Phi) is 5.41. The third-order valence-electron chi connectivity index (χ3n) is 2.74. The van der Waals surface area contributed by atoms with Gasteiger partial charge < -0.3 is 10.4 Å². The third kappa shape index (κ3) is 5.50. The van der Waals surface area contributed by atoms with Crippen molar-refractivity contribution in [1.82, 2.24) is 0 Å². The van der Waals surface area contributed by atoms with Crippen LogP contribution in [0.2, 0.25) is 5.02 Å². The number of halogens is 1. The quantitative estimate of drug-likeness (QED) is 0.863. The van der Waals surface area contributed by atoms with Crippen LogP contribution < -0.4 is 5.32 Å². The van der Waals surface area contributed by atoms with Gasteiger partial charge in [-0.15, -0.1) is 0 Å². The molecule has 0 heterocycles. The summed E-state index contributed by atoms with van der Waals surface area (Å²) in [7, 11) is 0.